The monoisotopic (exact) mass is 415 g/mol. The summed E-state index contributed by atoms with van der Waals surface area (Å²) >= 11 is 0. The number of carbonyl (C=O) groups is 2. The molecule has 4 bridgehead atoms. The first-order valence-electron chi connectivity index (χ1n) is 11.4. The minimum Gasteiger partial charge on any atom is -0.444 e. The summed E-state index contributed by atoms with van der Waals surface area (Å²) in [6.45, 7) is 5.41. The number of fused-ring (bicyclic) bond motifs is 1. The summed E-state index contributed by atoms with van der Waals surface area (Å²) in [7, 11) is 0. The molecule has 3 unspecified atom stereocenters. The number of likely N-dealkylation sites (tertiary alicyclic amines) is 1. The van der Waals surface area contributed by atoms with E-state index in [-0.39, 0.29) is 11.9 Å². The van der Waals surface area contributed by atoms with Crippen LogP contribution < -0.4 is 5.32 Å². The lowest BCUT2D eigenvalue weighted by Crippen LogP contribution is -2.66. The van der Waals surface area contributed by atoms with Gasteiger partial charge in [0.1, 0.15) is 17.7 Å². The van der Waals surface area contributed by atoms with Crippen LogP contribution in [0.25, 0.3) is 0 Å². The molecule has 0 spiro atoms. The smallest absolute Gasteiger partial charge is 0.408 e. The van der Waals surface area contributed by atoms with Gasteiger partial charge < -0.3 is 20.1 Å². The number of nitrogens with zero attached hydrogens (tertiary/aromatic N) is 2. The number of nitriles is 1. The summed E-state index contributed by atoms with van der Waals surface area (Å²) in [5, 5.41) is 23.8. The second kappa shape index (κ2) is 6.35. The highest BCUT2D eigenvalue weighted by molar-refractivity contribution is 5.88. The number of piperidine rings is 1. The van der Waals surface area contributed by atoms with Crippen LogP contribution in [0.1, 0.15) is 72.1 Å². The zero-order valence-electron chi connectivity index (χ0n) is 18.2. The van der Waals surface area contributed by atoms with E-state index in [1.54, 1.807) is 25.7 Å². The molecule has 6 rings (SSSR count). The first-order valence-corrected chi connectivity index (χ1v) is 11.4. The number of carbonyl (C=O) groups excluding carboxylic acids is 2. The number of ether oxygens (including phenoxy) is 1. The van der Waals surface area contributed by atoms with Gasteiger partial charge in [-0.2, -0.15) is 5.26 Å². The van der Waals surface area contributed by atoms with Gasteiger partial charge in [0.05, 0.1) is 11.7 Å². The van der Waals surface area contributed by atoms with Crippen LogP contribution >= 0.6 is 0 Å². The maximum absolute atomic E-state index is 13.9. The second-order valence-corrected chi connectivity index (χ2v) is 11.8. The lowest BCUT2D eigenvalue weighted by atomic mass is 9.46. The molecule has 0 aromatic carbocycles. The molecule has 6 aliphatic rings. The largest absolute Gasteiger partial charge is 0.444 e. The summed E-state index contributed by atoms with van der Waals surface area (Å²) in [6, 6.07) is 1.26. The van der Waals surface area contributed by atoms with Crippen LogP contribution in [-0.2, 0) is 9.53 Å². The number of alkyl carbamates (subject to hydrolysis) is 1. The summed E-state index contributed by atoms with van der Waals surface area (Å²) in [6.07, 6.45) is 6.02. The predicted octanol–water partition coefficient (Wildman–Crippen LogP) is 2.72. The van der Waals surface area contributed by atoms with Crippen LogP contribution in [-0.4, -0.2) is 51.3 Å². The van der Waals surface area contributed by atoms with Gasteiger partial charge in [0.15, 0.2) is 0 Å². The molecule has 0 radical (unpaired) electrons. The molecule has 0 aromatic rings. The third-order valence-corrected chi connectivity index (χ3v) is 8.10. The van der Waals surface area contributed by atoms with E-state index in [0.29, 0.717) is 24.2 Å². The van der Waals surface area contributed by atoms with Crippen molar-refractivity contribution in [3.8, 4) is 6.07 Å². The van der Waals surface area contributed by atoms with E-state index < -0.39 is 34.8 Å². The molecule has 6 atom stereocenters. The first-order chi connectivity index (χ1) is 14.0. The van der Waals surface area contributed by atoms with E-state index in [9.17, 15) is 20.0 Å². The van der Waals surface area contributed by atoms with Gasteiger partial charge in [-0.05, 0) is 89.9 Å². The summed E-state index contributed by atoms with van der Waals surface area (Å²) in [5.41, 5.74) is -1.86. The predicted molar refractivity (Wildman–Crippen MR) is 108 cm³/mol. The maximum atomic E-state index is 13.9. The summed E-state index contributed by atoms with van der Waals surface area (Å²) in [5.74, 6) is 1.06. The van der Waals surface area contributed by atoms with Crippen molar-refractivity contribution < 1.29 is 19.4 Å². The van der Waals surface area contributed by atoms with Crippen molar-refractivity contribution in [2.75, 3.05) is 0 Å². The highest BCUT2D eigenvalue weighted by Crippen LogP contribution is 2.63. The number of rotatable bonds is 3. The Kier molecular flexibility index (Phi) is 4.26. The van der Waals surface area contributed by atoms with Crippen molar-refractivity contribution in [3.05, 3.63) is 0 Å². The highest BCUT2D eigenvalue weighted by Gasteiger charge is 2.64. The lowest BCUT2D eigenvalue weighted by molar-refractivity contribution is -0.180. The fourth-order valence-electron chi connectivity index (χ4n) is 7.56. The second-order valence-electron chi connectivity index (χ2n) is 11.8. The van der Waals surface area contributed by atoms with E-state index in [4.69, 9.17) is 4.74 Å². The van der Waals surface area contributed by atoms with Gasteiger partial charge >= 0.3 is 6.09 Å². The van der Waals surface area contributed by atoms with Crippen LogP contribution in [0.4, 0.5) is 4.79 Å². The topological polar surface area (TPSA) is 103 Å². The number of aliphatic hydroxyl groups is 1. The van der Waals surface area contributed by atoms with Crippen molar-refractivity contribution in [2.45, 2.75) is 101 Å². The van der Waals surface area contributed by atoms with Gasteiger partial charge in [0, 0.05) is 11.5 Å². The highest BCUT2D eigenvalue weighted by atomic mass is 16.6. The zero-order chi connectivity index (χ0) is 21.5. The standard InChI is InChI=1S/C23H33N3O4/c1-21(2,3)30-20(28)25-18(19(27)26-16(11-24)5-15-6-17(15)26)22-7-13-4-14(8-22)10-23(29,9-13)12-22/h13-18,29H,4-10,12H2,1-3H3,(H,25,28)/t13?,14?,15-,16+,17+,18?,22?,23?/m1/s1. The normalized spacial score (nSPS) is 44.2. The van der Waals surface area contributed by atoms with Gasteiger partial charge in [-0.25, -0.2) is 4.79 Å². The van der Waals surface area contributed by atoms with E-state index >= 15 is 0 Å². The summed E-state index contributed by atoms with van der Waals surface area (Å²) in [4.78, 5) is 28.4. The lowest BCUT2D eigenvalue weighted by Gasteiger charge is -2.62. The minimum absolute atomic E-state index is 0.127. The van der Waals surface area contributed by atoms with E-state index in [1.165, 1.54) is 0 Å². The number of nitrogens with one attached hydrogen (secondary N) is 1. The van der Waals surface area contributed by atoms with E-state index in [1.807, 2.05) is 0 Å². The van der Waals surface area contributed by atoms with Gasteiger partial charge in [0.2, 0.25) is 5.91 Å². The SMILES string of the molecule is CC(C)(C)OC(=O)NC(C(=O)N1[C@H](C#N)C[C@@H]2C[C@@H]21)C12CC3CC(CC(O)(C3)C1)C2. The fourth-order valence-corrected chi connectivity index (χ4v) is 7.56. The Morgan fingerprint density at radius 2 is 1.83 bits per heavy atom. The van der Waals surface area contributed by atoms with Gasteiger partial charge in [-0.15, -0.1) is 0 Å². The molecule has 2 amide bonds. The third-order valence-electron chi connectivity index (χ3n) is 8.10. The van der Waals surface area contributed by atoms with Gasteiger partial charge in [-0.1, -0.05) is 0 Å². The van der Waals surface area contributed by atoms with Crippen molar-refractivity contribution in [3.63, 3.8) is 0 Å². The molecule has 164 valence electrons. The minimum atomic E-state index is -0.750. The van der Waals surface area contributed by atoms with E-state index in [0.717, 1.165) is 44.9 Å². The van der Waals surface area contributed by atoms with Crippen LogP contribution in [0.15, 0.2) is 0 Å². The Morgan fingerprint density at radius 1 is 1.17 bits per heavy atom. The quantitative estimate of drug-likeness (QED) is 0.738. The van der Waals surface area contributed by atoms with Crippen molar-refractivity contribution in [2.24, 2.45) is 23.2 Å². The Balaban J connectivity index is 1.47. The molecule has 7 nitrogen and oxygen atoms in total. The molecule has 1 heterocycles. The van der Waals surface area contributed by atoms with Crippen LogP contribution in [0, 0.1) is 34.5 Å². The molecule has 6 fully saturated rings. The molecule has 5 aliphatic carbocycles. The molecule has 2 N–H and O–H groups in total. The van der Waals surface area contributed by atoms with Crippen LogP contribution in [0.5, 0.6) is 0 Å². The average molecular weight is 416 g/mol. The van der Waals surface area contributed by atoms with Gasteiger partial charge in [0.25, 0.3) is 0 Å². The Bertz CT molecular complexity index is 798. The number of hydrogen-bond acceptors (Lipinski definition) is 5. The molecular weight excluding hydrogens is 382 g/mol. The van der Waals surface area contributed by atoms with Crippen LogP contribution in [0.3, 0.4) is 0 Å². The fraction of sp³-hybridized carbons (Fsp3) is 0.870. The van der Waals surface area contributed by atoms with Crippen molar-refractivity contribution in [1.29, 1.82) is 5.26 Å². The van der Waals surface area contributed by atoms with Crippen molar-refractivity contribution in [1.82, 2.24) is 10.2 Å². The Labute approximate surface area is 178 Å². The number of amides is 2. The van der Waals surface area contributed by atoms with Crippen molar-refractivity contribution >= 4 is 12.0 Å². The molecule has 5 saturated carbocycles. The van der Waals surface area contributed by atoms with Crippen LogP contribution in [0.2, 0.25) is 0 Å². The molecule has 30 heavy (non-hydrogen) atoms. The number of hydrogen-bond donors (Lipinski definition) is 2. The van der Waals surface area contributed by atoms with E-state index in [2.05, 4.69) is 11.4 Å². The molecule has 1 aliphatic heterocycles. The van der Waals surface area contributed by atoms with Gasteiger partial charge in [-0.3, -0.25) is 4.79 Å². The third kappa shape index (κ3) is 3.28. The summed E-state index contributed by atoms with van der Waals surface area (Å²) < 4.78 is 5.51. The first kappa shape index (κ1) is 20.1. The molecule has 7 heteroatoms. The maximum Gasteiger partial charge on any atom is 0.408 e. The zero-order valence-corrected chi connectivity index (χ0v) is 18.2. The molecule has 1 saturated heterocycles. The Morgan fingerprint density at radius 3 is 2.40 bits per heavy atom. The molecule has 0 aromatic heterocycles. The Hall–Kier alpha value is -1.81. The molecular formula is C23H33N3O4. The average Bonchev–Trinajstić information content (AvgIpc) is 3.25.